The van der Waals surface area contributed by atoms with Gasteiger partial charge in [-0.15, -0.1) is 11.3 Å². The number of amides is 2. The number of piperidine rings is 1. The second-order valence-corrected chi connectivity index (χ2v) is 8.27. The molecule has 0 aliphatic carbocycles. The van der Waals surface area contributed by atoms with Crippen LogP contribution in [0.4, 0.5) is 11.4 Å². The molecule has 1 aliphatic heterocycles. The third-order valence-electron chi connectivity index (χ3n) is 4.56. The zero-order valence-electron chi connectivity index (χ0n) is 15.4. The summed E-state index contributed by atoms with van der Waals surface area (Å²) in [6, 6.07) is 5.03. The van der Waals surface area contributed by atoms with Gasteiger partial charge in [0.15, 0.2) is 0 Å². The molecule has 1 aromatic heterocycles. The Hall–Kier alpha value is -1.96. The number of aryl methyl sites for hydroxylation is 1. The monoisotopic (exact) mass is 406 g/mol. The quantitative estimate of drug-likeness (QED) is 0.789. The number of rotatable bonds is 5. The van der Waals surface area contributed by atoms with Crippen LogP contribution in [-0.4, -0.2) is 34.8 Å². The van der Waals surface area contributed by atoms with Gasteiger partial charge < -0.3 is 10.6 Å². The van der Waals surface area contributed by atoms with E-state index in [-0.39, 0.29) is 17.7 Å². The normalized spacial score (nSPS) is 15.5. The Balaban J connectivity index is 1.56. The predicted octanol–water partition coefficient (Wildman–Crippen LogP) is 3.91. The Morgan fingerprint density at radius 3 is 2.63 bits per heavy atom. The standard InChI is InChI=1S/C19H23ClN4O2S/c1-12(25)21-17-4-3-15(20)9-18(17)23-19(26)14-5-7-24(8-6-14)10-16-11-27-13(2)22-16/h3-4,9,11,14H,5-8,10H2,1-2H3,(H,21,25)(H,23,26). The number of aromatic nitrogens is 1. The molecule has 2 heterocycles. The first-order chi connectivity index (χ1) is 12.9. The van der Waals surface area contributed by atoms with Crippen LogP contribution in [0, 0.1) is 12.8 Å². The summed E-state index contributed by atoms with van der Waals surface area (Å²) in [7, 11) is 0. The largest absolute Gasteiger partial charge is 0.325 e. The molecule has 0 spiro atoms. The van der Waals surface area contributed by atoms with Gasteiger partial charge in [0.25, 0.3) is 0 Å². The van der Waals surface area contributed by atoms with Crippen molar-refractivity contribution in [2.24, 2.45) is 5.92 Å². The van der Waals surface area contributed by atoms with Crippen molar-refractivity contribution in [2.45, 2.75) is 33.2 Å². The molecule has 0 atom stereocenters. The van der Waals surface area contributed by atoms with Crippen molar-refractivity contribution < 1.29 is 9.59 Å². The molecule has 8 heteroatoms. The Morgan fingerprint density at radius 1 is 1.26 bits per heavy atom. The molecule has 6 nitrogen and oxygen atoms in total. The number of carbonyl (C=O) groups excluding carboxylic acids is 2. The highest BCUT2D eigenvalue weighted by Gasteiger charge is 2.26. The fourth-order valence-electron chi connectivity index (χ4n) is 3.22. The lowest BCUT2D eigenvalue weighted by atomic mass is 9.95. The van der Waals surface area contributed by atoms with E-state index in [2.05, 4.69) is 25.9 Å². The minimum Gasteiger partial charge on any atom is -0.325 e. The van der Waals surface area contributed by atoms with Gasteiger partial charge in [-0.1, -0.05) is 11.6 Å². The van der Waals surface area contributed by atoms with Crippen molar-refractivity contribution in [3.8, 4) is 0 Å². The molecule has 2 N–H and O–H groups in total. The molecule has 2 amide bonds. The average Bonchev–Trinajstić information content (AvgIpc) is 3.02. The van der Waals surface area contributed by atoms with Crippen molar-refractivity contribution in [1.29, 1.82) is 0 Å². The van der Waals surface area contributed by atoms with Gasteiger partial charge in [0.1, 0.15) is 0 Å². The summed E-state index contributed by atoms with van der Waals surface area (Å²) in [5, 5.41) is 9.33. The maximum atomic E-state index is 12.7. The molecule has 1 aliphatic rings. The smallest absolute Gasteiger partial charge is 0.227 e. The van der Waals surface area contributed by atoms with Gasteiger partial charge >= 0.3 is 0 Å². The highest BCUT2D eigenvalue weighted by atomic mass is 35.5. The van der Waals surface area contributed by atoms with Crippen LogP contribution in [0.2, 0.25) is 5.02 Å². The number of anilines is 2. The van der Waals surface area contributed by atoms with Gasteiger partial charge in [0.2, 0.25) is 11.8 Å². The zero-order valence-corrected chi connectivity index (χ0v) is 17.0. The summed E-state index contributed by atoms with van der Waals surface area (Å²) >= 11 is 7.71. The van der Waals surface area contributed by atoms with E-state index < -0.39 is 0 Å². The molecule has 1 aromatic carbocycles. The summed E-state index contributed by atoms with van der Waals surface area (Å²) < 4.78 is 0. The fourth-order valence-corrected chi connectivity index (χ4v) is 3.99. The zero-order chi connectivity index (χ0) is 19.4. The van der Waals surface area contributed by atoms with Gasteiger partial charge in [-0.25, -0.2) is 4.98 Å². The summed E-state index contributed by atoms with van der Waals surface area (Å²) in [5.41, 5.74) is 2.18. The lowest BCUT2D eigenvalue weighted by Gasteiger charge is -2.30. The molecule has 0 unspecified atom stereocenters. The molecule has 144 valence electrons. The summed E-state index contributed by atoms with van der Waals surface area (Å²) in [6.45, 7) is 6.00. The second-order valence-electron chi connectivity index (χ2n) is 6.77. The Bertz CT molecular complexity index is 831. The highest BCUT2D eigenvalue weighted by Crippen LogP contribution is 2.28. The van der Waals surface area contributed by atoms with Crippen LogP contribution in [-0.2, 0) is 16.1 Å². The first kappa shape index (κ1) is 19.8. The number of hydrogen-bond donors (Lipinski definition) is 2. The molecule has 0 bridgehead atoms. The van der Waals surface area contributed by atoms with E-state index in [0.717, 1.165) is 43.2 Å². The second kappa shape index (κ2) is 8.82. The lowest BCUT2D eigenvalue weighted by molar-refractivity contribution is -0.121. The van der Waals surface area contributed by atoms with Crippen LogP contribution in [0.1, 0.15) is 30.5 Å². The lowest BCUT2D eigenvalue weighted by Crippen LogP contribution is -2.37. The number of likely N-dealkylation sites (tertiary alicyclic amines) is 1. The van der Waals surface area contributed by atoms with E-state index in [9.17, 15) is 9.59 Å². The number of nitrogens with one attached hydrogen (secondary N) is 2. The summed E-state index contributed by atoms with van der Waals surface area (Å²) in [6.07, 6.45) is 1.59. The molecule has 0 radical (unpaired) electrons. The molecule has 0 saturated carbocycles. The van der Waals surface area contributed by atoms with Gasteiger partial charge in [0.05, 0.1) is 22.1 Å². The van der Waals surface area contributed by atoms with Crippen molar-refractivity contribution in [3.05, 3.63) is 39.3 Å². The van der Waals surface area contributed by atoms with Gasteiger partial charge in [-0.3, -0.25) is 14.5 Å². The van der Waals surface area contributed by atoms with Crippen molar-refractivity contribution in [1.82, 2.24) is 9.88 Å². The Labute approximate surface area is 167 Å². The van der Waals surface area contributed by atoms with E-state index >= 15 is 0 Å². The van der Waals surface area contributed by atoms with Crippen molar-refractivity contribution >= 4 is 46.1 Å². The Morgan fingerprint density at radius 2 is 2.00 bits per heavy atom. The molecule has 2 aromatic rings. The van der Waals surface area contributed by atoms with Gasteiger partial charge in [0, 0.05) is 29.8 Å². The Kier molecular flexibility index (Phi) is 6.46. The molecule has 1 saturated heterocycles. The number of benzene rings is 1. The van der Waals surface area contributed by atoms with Crippen LogP contribution >= 0.6 is 22.9 Å². The molecular weight excluding hydrogens is 384 g/mol. The highest BCUT2D eigenvalue weighted by molar-refractivity contribution is 7.09. The first-order valence-corrected chi connectivity index (χ1v) is 10.2. The molecular formula is C19H23ClN4O2S. The van der Waals surface area contributed by atoms with Crippen LogP contribution in [0.5, 0.6) is 0 Å². The van der Waals surface area contributed by atoms with Crippen molar-refractivity contribution in [3.63, 3.8) is 0 Å². The maximum Gasteiger partial charge on any atom is 0.227 e. The van der Waals surface area contributed by atoms with E-state index in [1.54, 1.807) is 29.5 Å². The third kappa shape index (κ3) is 5.51. The SMILES string of the molecule is CC(=O)Nc1ccc(Cl)cc1NC(=O)C1CCN(Cc2csc(C)n2)CC1. The van der Waals surface area contributed by atoms with Crippen LogP contribution in [0.25, 0.3) is 0 Å². The van der Waals surface area contributed by atoms with Crippen molar-refractivity contribution in [2.75, 3.05) is 23.7 Å². The minimum atomic E-state index is -0.196. The third-order valence-corrected chi connectivity index (χ3v) is 5.62. The topological polar surface area (TPSA) is 74.3 Å². The number of hydrogen-bond acceptors (Lipinski definition) is 5. The van der Waals surface area contributed by atoms with E-state index in [1.165, 1.54) is 6.92 Å². The van der Waals surface area contributed by atoms with Crippen LogP contribution < -0.4 is 10.6 Å². The fraction of sp³-hybridized carbons (Fsp3) is 0.421. The summed E-state index contributed by atoms with van der Waals surface area (Å²) in [5.74, 6) is -0.283. The minimum absolute atomic E-state index is 0.0342. The molecule has 3 rings (SSSR count). The first-order valence-electron chi connectivity index (χ1n) is 8.92. The molecule has 27 heavy (non-hydrogen) atoms. The maximum absolute atomic E-state index is 12.7. The van der Waals surface area contributed by atoms with Gasteiger partial charge in [-0.2, -0.15) is 0 Å². The van der Waals surface area contributed by atoms with Crippen LogP contribution in [0.15, 0.2) is 23.6 Å². The van der Waals surface area contributed by atoms with Gasteiger partial charge in [-0.05, 0) is 51.1 Å². The molecule has 1 fully saturated rings. The average molecular weight is 407 g/mol. The summed E-state index contributed by atoms with van der Waals surface area (Å²) in [4.78, 5) is 30.9. The number of thiazole rings is 1. The van der Waals surface area contributed by atoms with E-state index in [0.29, 0.717) is 16.4 Å². The van der Waals surface area contributed by atoms with E-state index in [1.807, 2.05) is 6.92 Å². The predicted molar refractivity (Wildman–Crippen MR) is 109 cm³/mol. The number of carbonyl (C=O) groups is 2. The van der Waals surface area contributed by atoms with E-state index in [4.69, 9.17) is 11.6 Å². The number of nitrogens with zero attached hydrogens (tertiary/aromatic N) is 2. The number of halogens is 1. The van der Waals surface area contributed by atoms with Crippen LogP contribution in [0.3, 0.4) is 0 Å².